The fourth-order valence-corrected chi connectivity index (χ4v) is 1.90. The van der Waals surface area contributed by atoms with E-state index in [0.717, 1.165) is 12.0 Å². The number of barbiturate groups is 1. The number of urea groups is 1. The van der Waals surface area contributed by atoms with Crippen molar-refractivity contribution in [3.05, 3.63) is 17.7 Å². The van der Waals surface area contributed by atoms with Crippen molar-refractivity contribution in [1.82, 2.24) is 10.6 Å². The minimum atomic E-state index is -1.25. The zero-order valence-corrected chi connectivity index (χ0v) is 14.5. The van der Waals surface area contributed by atoms with E-state index < -0.39 is 23.6 Å². The Labute approximate surface area is 149 Å². The van der Waals surface area contributed by atoms with Gasteiger partial charge < -0.3 is 25.4 Å². The molecular weight excluding hydrogens is 350 g/mol. The van der Waals surface area contributed by atoms with E-state index in [0.29, 0.717) is 23.8 Å². The van der Waals surface area contributed by atoms with E-state index in [4.69, 9.17) is 19.9 Å². The van der Waals surface area contributed by atoms with Gasteiger partial charge >= 0.3 is 23.6 Å². The van der Waals surface area contributed by atoms with Crippen LogP contribution in [0.5, 0.6) is 17.2 Å². The lowest BCUT2D eigenvalue weighted by atomic mass is 10.1. The number of ketones is 1. The van der Waals surface area contributed by atoms with Crippen LogP contribution in [0.4, 0.5) is 4.79 Å². The van der Waals surface area contributed by atoms with Gasteiger partial charge in [0.15, 0.2) is 11.5 Å². The van der Waals surface area contributed by atoms with E-state index in [2.05, 4.69) is 0 Å². The fraction of sp³-hybridized carbons (Fsp3) is 0.333. The third-order valence-electron chi connectivity index (χ3n) is 3.02. The van der Waals surface area contributed by atoms with Crippen LogP contribution in [-0.4, -0.2) is 57.0 Å². The number of benzene rings is 1. The third-order valence-corrected chi connectivity index (χ3v) is 3.02. The number of ether oxygens (including phenoxy) is 3. The molecular formula is C15H21N3O8. The summed E-state index contributed by atoms with van der Waals surface area (Å²) >= 11 is 0. The Morgan fingerprint density at radius 2 is 1.35 bits per heavy atom. The summed E-state index contributed by atoms with van der Waals surface area (Å²) in [6, 6.07) is 2.86. The summed E-state index contributed by atoms with van der Waals surface area (Å²) in [6.45, 7) is 0.596. The van der Waals surface area contributed by atoms with Gasteiger partial charge in [-0.2, -0.15) is 0 Å². The summed E-state index contributed by atoms with van der Waals surface area (Å²) in [7, 11) is 4.79. The maximum Gasteiger partial charge on any atom is 0.328 e. The second kappa shape index (κ2) is 10.6. The molecule has 1 aliphatic rings. The summed E-state index contributed by atoms with van der Waals surface area (Å²) in [6.07, 6.45) is 0.788. The second-order valence-corrected chi connectivity index (χ2v) is 4.64. The first-order chi connectivity index (χ1) is 11.9. The van der Waals surface area contributed by atoms with Crippen molar-refractivity contribution in [3.8, 4) is 17.2 Å². The van der Waals surface area contributed by atoms with Gasteiger partial charge in [0.05, 0.1) is 21.3 Å². The third kappa shape index (κ3) is 5.72. The van der Waals surface area contributed by atoms with Gasteiger partial charge in [0.1, 0.15) is 0 Å². The molecule has 1 fully saturated rings. The quantitative estimate of drug-likeness (QED) is 0.513. The Kier molecular flexibility index (Phi) is 9.34. The van der Waals surface area contributed by atoms with Crippen molar-refractivity contribution in [2.24, 2.45) is 5.73 Å². The first-order valence-electron chi connectivity index (χ1n) is 7.07. The largest absolute Gasteiger partial charge is 0.493 e. The SMILES string of the molecule is COc1cc(CCN)cc(OC)c1OC.O.O=C1NC(=O)C(=O)C(=O)N1. The summed E-state index contributed by atoms with van der Waals surface area (Å²) in [5.74, 6) is -1.68. The molecule has 26 heavy (non-hydrogen) atoms. The Morgan fingerprint density at radius 1 is 0.885 bits per heavy atom. The molecule has 1 aromatic rings. The number of methoxy groups -OCH3 is 3. The van der Waals surface area contributed by atoms with Crippen molar-refractivity contribution in [1.29, 1.82) is 0 Å². The number of Topliss-reactive ketones (excluding diaryl/α,β-unsaturated/α-hetero) is 1. The monoisotopic (exact) mass is 371 g/mol. The van der Waals surface area contributed by atoms with Gasteiger partial charge in [0.25, 0.3) is 0 Å². The maximum atomic E-state index is 10.3. The number of nitrogens with one attached hydrogen (secondary N) is 2. The fourth-order valence-electron chi connectivity index (χ4n) is 1.90. The van der Waals surface area contributed by atoms with Gasteiger partial charge in [-0.15, -0.1) is 0 Å². The van der Waals surface area contributed by atoms with Gasteiger partial charge in [-0.25, -0.2) is 4.79 Å². The lowest BCUT2D eigenvalue weighted by molar-refractivity contribution is -0.146. The second-order valence-electron chi connectivity index (χ2n) is 4.64. The number of rotatable bonds is 5. The highest BCUT2D eigenvalue weighted by atomic mass is 16.5. The minimum Gasteiger partial charge on any atom is -0.493 e. The van der Waals surface area contributed by atoms with Crippen molar-refractivity contribution in [3.63, 3.8) is 0 Å². The van der Waals surface area contributed by atoms with E-state index >= 15 is 0 Å². The summed E-state index contributed by atoms with van der Waals surface area (Å²) in [5.41, 5.74) is 6.58. The van der Waals surface area contributed by atoms with Crippen molar-refractivity contribution >= 4 is 23.6 Å². The topological polar surface area (TPSA) is 178 Å². The summed E-state index contributed by atoms with van der Waals surface area (Å²) in [5, 5.41) is 3.20. The maximum absolute atomic E-state index is 10.3. The Hall–Kier alpha value is -3.18. The molecule has 1 aromatic carbocycles. The molecule has 0 bridgehead atoms. The zero-order chi connectivity index (χ0) is 19.0. The summed E-state index contributed by atoms with van der Waals surface area (Å²) < 4.78 is 15.6. The number of amides is 4. The first kappa shape index (κ1) is 22.8. The van der Waals surface area contributed by atoms with Crippen LogP contribution in [-0.2, 0) is 20.8 Å². The number of carbonyl (C=O) groups excluding carboxylic acids is 4. The van der Waals surface area contributed by atoms with Gasteiger partial charge in [-0.1, -0.05) is 0 Å². The van der Waals surface area contributed by atoms with Crippen molar-refractivity contribution < 1.29 is 38.9 Å². The first-order valence-corrected chi connectivity index (χ1v) is 7.07. The molecule has 4 amide bonds. The van der Waals surface area contributed by atoms with E-state index in [1.165, 1.54) is 0 Å². The molecule has 0 radical (unpaired) electrons. The molecule has 0 saturated carbocycles. The molecule has 0 aromatic heterocycles. The Balaban J connectivity index is 0.000000497. The predicted octanol–water partition coefficient (Wildman–Crippen LogP) is -1.69. The Morgan fingerprint density at radius 3 is 1.69 bits per heavy atom. The van der Waals surface area contributed by atoms with Gasteiger partial charge in [0, 0.05) is 0 Å². The average Bonchev–Trinajstić information content (AvgIpc) is 2.59. The van der Waals surface area contributed by atoms with Crippen LogP contribution in [0.25, 0.3) is 0 Å². The molecule has 2 rings (SSSR count). The van der Waals surface area contributed by atoms with E-state index in [1.54, 1.807) is 32.0 Å². The lowest BCUT2D eigenvalue weighted by Gasteiger charge is -2.13. The molecule has 0 spiro atoms. The lowest BCUT2D eigenvalue weighted by Crippen LogP contribution is -2.56. The minimum absolute atomic E-state index is 0. The van der Waals surface area contributed by atoms with Gasteiger partial charge in [0.2, 0.25) is 5.75 Å². The van der Waals surface area contributed by atoms with Crippen LogP contribution in [0.1, 0.15) is 5.56 Å². The number of carbonyl (C=O) groups is 4. The molecule has 1 heterocycles. The number of imide groups is 2. The molecule has 1 saturated heterocycles. The molecule has 11 heteroatoms. The smallest absolute Gasteiger partial charge is 0.328 e. The normalized spacial score (nSPS) is 12.8. The van der Waals surface area contributed by atoms with E-state index in [-0.39, 0.29) is 5.48 Å². The molecule has 0 unspecified atom stereocenters. The molecule has 11 nitrogen and oxygen atoms in total. The van der Waals surface area contributed by atoms with E-state index in [9.17, 15) is 19.2 Å². The van der Waals surface area contributed by atoms with Crippen LogP contribution in [0.15, 0.2) is 12.1 Å². The van der Waals surface area contributed by atoms with Crippen LogP contribution in [0.2, 0.25) is 0 Å². The van der Waals surface area contributed by atoms with Gasteiger partial charge in [-0.05, 0) is 30.7 Å². The molecule has 144 valence electrons. The predicted molar refractivity (Wildman–Crippen MR) is 89.2 cm³/mol. The van der Waals surface area contributed by atoms with Crippen LogP contribution in [0.3, 0.4) is 0 Å². The van der Waals surface area contributed by atoms with Crippen LogP contribution >= 0.6 is 0 Å². The molecule has 1 aliphatic heterocycles. The number of hydrogen-bond donors (Lipinski definition) is 3. The Bertz CT molecular complexity index is 642. The standard InChI is InChI=1S/C11H17NO3.C4H2N2O4.H2O/c1-13-9-6-8(4-5-12)7-10(14-2)11(9)15-3;7-1-2(8)5-4(10)6-3(1)9;/h6-7H,4-5,12H2,1-3H3;(H2,5,6,8,9,10);1H2. The zero-order valence-electron chi connectivity index (χ0n) is 14.5. The molecule has 0 aliphatic carbocycles. The summed E-state index contributed by atoms with van der Waals surface area (Å²) in [4.78, 5) is 41.1. The van der Waals surface area contributed by atoms with Crippen LogP contribution < -0.4 is 30.6 Å². The van der Waals surface area contributed by atoms with Crippen molar-refractivity contribution in [2.75, 3.05) is 27.9 Å². The average molecular weight is 371 g/mol. The number of nitrogens with two attached hydrogens (primary N) is 1. The number of hydrogen-bond acceptors (Lipinski definition) is 8. The molecule has 6 N–H and O–H groups in total. The molecule has 0 atom stereocenters. The highest BCUT2D eigenvalue weighted by molar-refractivity contribution is 6.66. The highest BCUT2D eigenvalue weighted by Crippen LogP contribution is 2.38. The van der Waals surface area contributed by atoms with Crippen molar-refractivity contribution in [2.45, 2.75) is 6.42 Å². The van der Waals surface area contributed by atoms with Crippen LogP contribution in [0, 0.1) is 0 Å². The van der Waals surface area contributed by atoms with E-state index in [1.807, 2.05) is 12.1 Å². The van der Waals surface area contributed by atoms with Gasteiger partial charge in [-0.3, -0.25) is 25.0 Å². The highest BCUT2D eigenvalue weighted by Gasteiger charge is 2.31.